The summed E-state index contributed by atoms with van der Waals surface area (Å²) in [5, 5.41) is 0. The molecule has 0 bridgehead atoms. The number of hydrogen-bond acceptors (Lipinski definition) is 4. The van der Waals surface area contributed by atoms with Gasteiger partial charge < -0.3 is 10.3 Å². The Hall–Kier alpha value is -2.08. The lowest BCUT2D eigenvalue weighted by molar-refractivity contribution is 0.586. The standard InChI is InChI=1S/C14H16N2O3S/c1-11-10-12(15)5-6-13(11)20(18,19)9-8-16-7-3-2-4-14(16)17/h2-7,10H,8-9,15H2,1H3. The van der Waals surface area contributed by atoms with E-state index in [9.17, 15) is 13.2 Å². The van der Waals surface area contributed by atoms with Crippen molar-refractivity contribution in [3.8, 4) is 0 Å². The number of hydrogen-bond donors (Lipinski definition) is 1. The van der Waals surface area contributed by atoms with Gasteiger partial charge in [0.05, 0.1) is 10.6 Å². The van der Waals surface area contributed by atoms with Gasteiger partial charge in [-0.15, -0.1) is 0 Å². The number of aryl methyl sites for hydroxylation is 2. The average molecular weight is 292 g/mol. The Labute approximate surface area is 117 Å². The van der Waals surface area contributed by atoms with Gasteiger partial charge in [0.15, 0.2) is 9.84 Å². The van der Waals surface area contributed by atoms with Crippen molar-refractivity contribution in [3.63, 3.8) is 0 Å². The molecular formula is C14H16N2O3S. The molecule has 0 unspecified atom stereocenters. The van der Waals surface area contributed by atoms with E-state index < -0.39 is 9.84 Å². The zero-order valence-corrected chi connectivity index (χ0v) is 11.9. The van der Waals surface area contributed by atoms with Gasteiger partial charge in [-0.2, -0.15) is 0 Å². The molecule has 2 N–H and O–H groups in total. The first-order chi connectivity index (χ1) is 9.40. The number of aromatic nitrogens is 1. The van der Waals surface area contributed by atoms with Crippen LogP contribution in [0.4, 0.5) is 5.69 Å². The van der Waals surface area contributed by atoms with Crippen molar-refractivity contribution in [3.05, 3.63) is 58.5 Å². The molecule has 0 atom stereocenters. The molecule has 0 spiro atoms. The third-order valence-corrected chi connectivity index (χ3v) is 4.88. The van der Waals surface area contributed by atoms with Crippen molar-refractivity contribution < 1.29 is 8.42 Å². The second kappa shape index (κ2) is 5.50. The van der Waals surface area contributed by atoms with Crippen molar-refractivity contribution in [2.75, 3.05) is 11.5 Å². The Morgan fingerprint density at radius 2 is 1.95 bits per heavy atom. The molecule has 5 nitrogen and oxygen atoms in total. The van der Waals surface area contributed by atoms with Gasteiger partial charge in [0.2, 0.25) is 0 Å². The van der Waals surface area contributed by atoms with E-state index in [1.165, 1.54) is 16.7 Å². The topological polar surface area (TPSA) is 82.2 Å². The lowest BCUT2D eigenvalue weighted by Crippen LogP contribution is -2.23. The number of nitrogens with two attached hydrogens (primary N) is 1. The summed E-state index contributed by atoms with van der Waals surface area (Å²) in [7, 11) is -3.44. The van der Waals surface area contributed by atoms with Crippen LogP contribution in [0.15, 0.2) is 52.3 Å². The van der Waals surface area contributed by atoms with Crippen molar-refractivity contribution in [1.29, 1.82) is 0 Å². The first kappa shape index (κ1) is 14.3. The van der Waals surface area contributed by atoms with E-state index in [1.54, 1.807) is 37.4 Å². The number of anilines is 1. The number of rotatable bonds is 4. The van der Waals surface area contributed by atoms with Crippen LogP contribution in [0.5, 0.6) is 0 Å². The molecule has 1 heterocycles. The molecule has 6 heteroatoms. The molecule has 0 aliphatic rings. The highest BCUT2D eigenvalue weighted by atomic mass is 32.2. The molecule has 0 radical (unpaired) electrons. The molecule has 0 saturated heterocycles. The molecule has 0 aliphatic carbocycles. The Kier molecular flexibility index (Phi) is 3.94. The number of pyridine rings is 1. The zero-order valence-electron chi connectivity index (χ0n) is 11.1. The fourth-order valence-corrected chi connectivity index (χ4v) is 3.48. The van der Waals surface area contributed by atoms with Gasteiger partial charge in [-0.05, 0) is 36.8 Å². The normalized spacial score (nSPS) is 11.4. The number of nitrogens with zero attached hydrogens (tertiary/aromatic N) is 1. The van der Waals surface area contributed by atoms with E-state index >= 15 is 0 Å². The van der Waals surface area contributed by atoms with E-state index in [1.807, 2.05) is 0 Å². The molecule has 1 aromatic heterocycles. The number of benzene rings is 1. The molecule has 0 saturated carbocycles. The minimum atomic E-state index is -3.44. The van der Waals surface area contributed by atoms with Gasteiger partial charge in [0.25, 0.3) is 5.56 Å². The van der Waals surface area contributed by atoms with Crippen LogP contribution in [0.2, 0.25) is 0 Å². The summed E-state index contributed by atoms with van der Waals surface area (Å²) in [5.41, 5.74) is 6.55. The van der Waals surface area contributed by atoms with Crippen molar-refractivity contribution in [1.82, 2.24) is 4.57 Å². The summed E-state index contributed by atoms with van der Waals surface area (Å²) in [5.74, 6) is -0.123. The largest absolute Gasteiger partial charge is 0.399 e. The molecule has 1 aromatic carbocycles. The molecule has 106 valence electrons. The van der Waals surface area contributed by atoms with Crippen molar-refractivity contribution >= 4 is 15.5 Å². The third-order valence-electron chi connectivity index (χ3n) is 3.03. The molecule has 0 amide bonds. The third kappa shape index (κ3) is 3.08. The molecular weight excluding hydrogens is 276 g/mol. The van der Waals surface area contributed by atoms with Gasteiger partial charge in [0.1, 0.15) is 0 Å². The fraction of sp³-hybridized carbons (Fsp3) is 0.214. The van der Waals surface area contributed by atoms with Crippen LogP contribution < -0.4 is 11.3 Å². The highest BCUT2D eigenvalue weighted by molar-refractivity contribution is 7.91. The van der Waals surface area contributed by atoms with Gasteiger partial charge in [-0.25, -0.2) is 8.42 Å². The summed E-state index contributed by atoms with van der Waals surface area (Å²) in [4.78, 5) is 11.8. The maximum absolute atomic E-state index is 12.3. The summed E-state index contributed by atoms with van der Waals surface area (Å²) < 4.78 is 26.0. The highest BCUT2D eigenvalue weighted by Crippen LogP contribution is 2.19. The van der Waals surface area contributed by atoms with Gasteiger partial charge in [-0.1, -0.05) is 6.07 Å². The Morgan fingerprint density at radius 1 is 1.20 bits per heavy atom. The quantitative estimate of drug-likeness (QED) is 0.859. The molecule has 20 heavy (non-hydrogen) atoms. The summed E-state index contributed by atoms with van der Waals surface area (Å²) in [6.45, 7) is 1.84. The minimum Gasteiger partial charge on any atom is -0.399 e. The second-order valence-corrected chi connectivity index (χ2v) is 6.65. The van der Waals surface area contributed by atoms with E-state index in [0.717, 1.165) is 0 Å². The number of nitrogen functional groups attached to an aromatic ring is 1. The molecule has 2 rings (SSSR count). The van der Waals surface area contributed by atoms with Crippen molar-refractivity contribution in [2.45, 2.75) is 18.4 Å². The summed E-state index contributed by atoms with van der Waals surface area (Å²) in [6.07, 6.45) is 1.58. The molecule has 0 aliphatic heterocycles. The average Bonchev–Trinajstić information content (AvgIpc) is 2.37. The van der Waals surface area contributed by atoms with Crippen LogP contribution in [-0.2, 0) is 16.4 Å². The summed E-state index contributed by atoms with van der Waals surface area (Å²) >= 11 is 0. The lowest BCUT2D eigenvalue weighted by Gasteiger charge is -2.09. The monoisotopic (exact) mass is 292 g/mol. The van der Waals surface area contributed by atoms with Crippen LogP contribution in [0.1, 0.15) is 5.56 Å². The smallest absolute Gasteiger partial charge is 0.250 e. The predicted molar refractivity (Wildman–Crippen MR) is 78.3 cm³/mol. The highest BCUT2D eigenvalue weighted by Gasteiger charge is 2.17. The molecule has 0 fully saturated rings. The number of sulfone groups is 1. The Morgan fingerprint density at radius 3 is 2.60 bits per heavy atom. The zero-order chi connectivity index (χ0) is 14.8. The van der Waals surface area contributed by atoms with Crippen LogP contribution in [-0.4, -0.2) is 18.7 Å². The second-order valence-electron chi connectivity index (χ2n) is 4.58. The Bertz CT molecular complexity index is 779. The van der Waals surface area contributed by atoms with Crippen molar-refractivity contribution in [2.24, 2.45) is 0 Å². The van der Waals surface area contributed by atoms with E-state index in [-0.39, 0.29) is 22.8 Å². The molecule has 2 aromatic rings. The first-order valence-electron chi connectivity index (χ1n) is 6.14. The minimum absolute atomic E-state index is 0.123. The summed E-state index contributed by atoms with van der Waals surface area (Å²) in [6, 6.07) is 9.42. The van der Waals surface area contributed by atoms with Gasteiger partial charge >= 0.3 is 0 Å². The first-order valence-corrected chi connectivity index (χ1v) is 7.80. The van der Waals surface area contributed by atoms with E-state index in [2.05, 4.69) is 0 Å². The maximum Gasteiger partial charge on any atom is 0.250 e. The van der Waals surface area contributed by atoms with Crippen LogP contribution >= 0.6 is 0 Å². The fourth-order valence-electron chi connectivity index (χ4n) is 2.00. The van der Waals surface area contributed by atoms with E-state index in [0.29, 0.717) is 11.3 Å². The Balaban J connectivity index is 2.24. The predicted octanol–water partition coefficient (Wildman–Crippen LogP) is 1.21. The van der Waals surface area contributed by atoms with Gasteiger partial charge in [-0.3, -0.25) is 4.79 Å². The van der Waals surface area contributed by atoms with Gasteiger partial charge in [0, 0.05) is 24.5 Å². The lowest BCUT2D eigenvalue weighted by atomic mass is 10.2. The maximum atomic E-state index is 12.3. The van der Waals surface area contributed by atoms with Crippen LogP contribution in [0.25, 0.3) is 0 Å². The van der Waals surface area contributed by atoms with E-state index in [4.69, 9.17) is 5.73 Å². The SMILES string of the molecule is Cc1cc(N)ccc1S(=O)(=O)CCn1ccccc1=O. The van der Waals surface area contributed by atoms with Crippen LogP contribution in [0, 0.1) is 6.92 Å². The van der Waals surface area contributed by atoms with Crippen LogP contribution in [0.3, 0.4) is 0 Å².